The van der Waals surface area contributed by atoms with E-state index in [4.69, 9.17) is 4.42 Å². The van der Waals surface area contributed by atoms with Crippen molar-refractivity contribution >= 4 is 16.9 Å². The van der Waals surface area contributed by atoms with Crippen molar-refractivity contribution in [3.8, 4) is 0 Å². The van der Waals surface area contributed by atoms with Crippen molar-refractivity contribution in [2.45, 2.75) is 33.1 Å². The van der Waals surface area contributed by atoms with E-state index in [1.165, 1.54) is 12.5 Å². The van der Waals surface area contributed by atoms with Gasteiger partial charge in [-0.2, -0.15) is 0 Å². The van der Waals surface area contributed by atoms with Gasteiger partial charge in [-0.3, -0.25) is 4.79 Å². The summed E-state index contributed by atoms with van der Waals surface area (Å²) in [5, 5.41) is 0.851. The lowest BCUT2D eigenvalue weighted by Crippen LogP contribution is -2.40. The van der Waals surface area contributed by atoms with Gasteiger partial charge in [0.25, 0.3) is 0 Å². The summed E-state index contributed by atoms with van der Waals surface area (Å²) in [5.74, 6) is 0.650. The molecule has 1 saturated heterocycles. The number of amides is 1. The standard InChI is InChI=1S/C18H21NO3/c1-12-5-6-15-14(10-18(21)22-16(15)8-12)9-17(20)19-7-3-4-13(2)11-19/h5-6,8,10,13H,3-4,7,9,11H2,1-2H3. The van der Waals surface area contributed by atoms with Gasteiger partial charge in [0.05, 0.1) is 6.42 Å². The summed E-state index contributed by atoms with van der Waals surface area (Å²) in [6.07, 6.45) is 2.50. The van der Waals surface area contributed by atoms with Crippen molar-refractivity contribution in [2.24, 2.45) is 5.92 Å². The molecule has 0 saturated carbocycles. The van der Waals surface area contributed by atoms with Crippen LogP contribution in [0.15, 0.2) is 33.5 Å². The van der Waals surface area contributed by atoms with Gasteiger partial charge in [-0.1, -0.05) is 19.1 Å². The fraction of sp³-hybridized carbons (Fsp3) is 0.444. The first kappa shape index (κ1) is 14.8. The molecule has 3 rings (SSSR count). The Hall–Kier alpha value is -2.10. The zero-order valence-electron chi connectivity index (χ0n) is 13.1. The lowest BCUT2D eigenvalue weighted by Gasteiger charge is -2.31. The predicted octanol–water partition coefficient (Wildman–Crippen LogP) is 2.90. The van der Waals surface area contributed by atoms with Crippen molar-refractivity contribution in [3.63, 3.8) is 0 Å². The highest BCUT2D eigenvalue weighted by Gasteiger charge is 2.21. The summed E-state index contributed by atoms with van der Waals surface area (Å²) in [5.41, 5.74) is 1.95. The number of carbonyl (C=O) groups excluding carboxylic acids is 1. The molecule has 4 nitrogen and oxygen atoms in total. The van der Waals surface area contributed by atoms with Gasteiger partial charge in [-0.25, -0.2) is 4.79 Å². The second-order valence-electron chi connectivity index (χ2n) is 6.35. The highest BCUT2D eigenvalue weighted by Crippen LogP contribution is 2.21. The molecule has 1 fully saturated rings. The first-order valence-corrected chi connectivity index (χ1v) is 7.84. The van der Waals surface area contributed by atoms with Crippen molar-refractivity contribution in [2.75, 3.05) is 13.1 Å². The van der Waals surface area contributed by atoms with E-state index in [1.54, 1.807) is 0 Å². The second-order valence-corrected chi connectivity index (χ2v) is 6.35. The maximum absolute atomic E-state index is 12.5. The number of carbonyl (C=O) groups is 1. The predicted molar refractivity (Wildman–Crippen MR) is 85.9 cm³/mol. The van der Waals surface area contributed by atoms with E-state index in [9.17, 15) is 9.59 Å². The number of nitrogens with zero attached hydrogens (tertiary/aromatic N) is 1. The zero-order chi connectivity index (χ0) is 15.7. The fourth-order valence-electron chi connectivity index (χ4n) is 3.17. The molecule has 1 aromatic carbocycles. The minimum atomic E-state index is -0.395. The topological polar surface area (TPSA) is 50.5 Å². The van der Waals surface area contributed by atoms with E-state index >= 15 is 0 Å². The Morgan fingerprint density at radius 1 is 1.36 bits per heavy atom. The monoisotopic (exact) mass is 299 g/mol. The first-order chi connectivity index (χ1) is 10.5. The number of hydrogen-bond donors (Lipinski definition) is 0. The smallest absolute Gasteiger partial charge is 0.336 e. The normalized spacial score (nSPS) is 18.6. The number of aryl methyl sites for hydroxylation is 1. The summed E-state index contributed by atoms with van der Waals surface area (Å²) < 4.78 is 5.25. The highest BCUT2D eigenvalue weighted by molar-refractivity contribution is 5.87. The Balaban J connectivity index is 1.90. The molecular formula is C18H21NO3. The summed E-state index contributed by atoms with van der Waals surface area (Å²) in [4.78, 5) is 26.2. The highest BCUT2D eigenvalue weighted by atomic mass is 16.4. The minimum Gasteiger partial charge on any atom is -0.423 e. The third-order valence-corrected chi connectivity index (χ3v) is 4.34. The van der Waals surface area contributed by atoms with Crippen molar-refractivity contribution < 1.29 is 9.21 Å². The fourth-order valence-corrected chi connectivity index (χ4v) is 3.17. The molecule has 22 heavy (non-hydrogen) atoms. The Kier molecular flexibility index (Phi) is 4.01. The number of fused-ring (bicyclic) bond motifs is 1. The Bertz CT molecular complexity index is 763. The summed E-state index contributed by atoms with van der Waals surface area (Å²) in [6, 6.07) is 7.19. The van der Waals surface area contributed by atoms with Crippen molar-refractivity contribution in [3.05, 3.63) is 45.8 Å². The average molecular weight is 299 g/mol. The number of likely N-dealkylation sites (tertiary alicyclic amines) is 1. The van der Waals surface area contributed by atoms with Gasteiger partial charge in [0, 0.05) is 24.5 Å². The molecule has 2 heterocycles. The van der Waals surface area contributed by atoms with E-state index in [0.717, 1.165) is 36.0 Å². The van der Waals surface area contributed by atoms with Crippen LogP contribution in [0, 0.1) is 12.8 Å². The SMILES string of the molecule is Cc1ccc2c(CC(=O)N3CCCC(C)C3)cc(=O)oc2c1. The molecular weight excluding hydrogens is 278 g/mol. The molecule has 0 radical (unpaired) electrons. The van der Waals surface area contributed by atoms with E-state index in [2.05, 4.69) is 6.92 Å². The van der Waals surface area contributed by atoms with Crippen LogP contribution in [-0.4, -0.2) is 23.9 Å². The molecule has 116 valence electrons. The second kappa shape index (κ2) is 5.95. The van der Waals surface area contributed by atoms with Gasteiger partial charge in [0.15, 0.2) is 0 Å². The molecule has 1 aromatic heterocycles. The Morgan fingerprint density at radius 2 is 2.18 bits per heavy atom. The molecule has 1 atom stereocenters. The van der Waals surface area contributed by atoms with Crippen LogP contribution in [0.2, 0.25) is 0 Å². The number of benzene rings is 1. The zero-order valence-corrected chi connectivity index (χ0v) is 13.1. The lowest BCUT2D eigenvalue weighted by molar-refractivity contribution is -0.132. The molecule has 1 amide bonds. The maximum atomic E-state index is 12.5. The van der Waals surface area contributed by atoms with Gasteiger partial charge in [-0.05, 0) is 42.9 Å². The van der Waals surface area contributed by atoms with E-state index in [1.807, 2.05) is 30.0 Å². The summed E-state index contributed by atoms with van der Waals surface area (Å²) in [7, 11) is 0. The number of hydrogen-bond acceptors (Lipinski definition) is 3. The van der Waals surface area contributed by atoms with E-state index in [-0.39, 0.29) is 12.3 Å². The van der Waals surface area contributed by atoms with Crippen LogP contribution in [0.3, 0.4) is 0 Å². The summed E-state index contributed by atoms with van der Waals surface area (Å²) >= 11 is 0. The molecule has 0 spiro atoms. The van der Waals surface area contributed by atoms with Gasteiger partial charge in [0.2, 0.25) is 5.91 Å². The third kappa shape index (κ3) is 3.06. The van der Waals surface area contributed by atoms with Gasteiger partial charge in [0.1, 0.15) is 5.58 Å². The van der Waals surface area contributed by atoms with Crippen LogP contribution in [-0.2, 0) is 11.2 Å². The first-order valence-electron chi connectivity index (χ1n) is 7.84. The van der Waals surface area contributed by atoms with Crippen LogP contribution in [0.4, 0.5) is 0 Å². The average Bonchev–Trinajstić information content (AvgIpc) is 2.46. The van der Waals surface area contributed by atoms with Crippen LogP contribution in [0.1, 0.15) is 30.9 Å². The summed E-state index contributed by atoms with van der Waals surface area (Å²) in [6.45, 7) is 5.76. The molecule has 0 N–H and O–H groups in total. The Labute approximate surface area is 129 Å². The van der Waals surface area contributed by atoms with Crippen LogP contribution >= 0.6 is 0 Å². The quantitative estimate of drug-likeness (QED) is 0.801. The van der Waals surface area contributed by atoms with Crippen LogP contribution in [0.5, 0.6) is 0 Å². The molecule has 1 aliphatic rings. The number of rotatable bonds is 2. The molecule has 4 heteroatoms. The minimum absolute atomic E-state index is 0.0963. The van der Waals surface area contributed by atoms with Crippen LogP contribution in [0.25, 0.3) is 11.0 Å². The van der Waals surface area contributed by atoms with Gasteiger partial charge in [-0.15, -0.1) is 0 Å². The van der Waals surface area contributed by atoms with Crippen LogP contribution < -0.4 is 5.63 Å². The lowest BCUT2D eigenvalue weighted by atomic mass is 9.99. The molecule has 0 aliphatic carbocycles. The van der Waals surface area contributed by atoms with Gasteiger partial charge >= 0.3 is 5.63 Å². The van der Waals surface area contributed by atoms with Crippen molar-refractivity contribution in [1.29, 1.82) is 0 Å². The maximum Gasteiger partial charge on any atom is 0.336 e. The number of piperidine rings is 1. The van der Waals surface area contributed by atoms with E-state index < -0.39 is 5.63 Å². The van der Waals surface area contributed by atoms with Gasteiger partial charge < -0.3 is 9.32 Å². The Morgan fingerprint density at radius 3 is 2.95 bits per heavy atom. The molecule has 1 unspecified atom stereocenters. The molecule has 0 bridgehead atoms. The largest absolute Gasteiger partial charge is 0.423 e. The van der Waals surface area contributed by atoms with Crippen molar-refractivity contribution in [1.82, 2.24) is 4.90 Å². The third-order valence-electron chi connectivity index (χ3n) is 4.34. The molecule has 1 aliphatic heterocycles. The van der Waals surface area contributed by atoms with E-state index in [0.29, 0.717) is 11.5 Å². The molecule has 2 aromatic rings.